The molecule has 0 fully saturated rings. The Balaban J connectivity index is 3.94. The standard InChI is InChI=1S/C2H2N4O/c3-5-2(1-7)6-4/h1H,(H-,3,7)/p+1. The van der Waals surface area contributed by atoms with Gasteiger partial charge in [-0.3, -0.25) is 4.79 Å². The van der Waals surface area contributed by atoms with E-state index in [1.54, 1.807) is 0 Å². The Bertz CT molecular complexity index is 131. The van der Waals surface area contributed by atoms with Gasteiger partial charge in [-0.15, -0.1) is 0 Å². The SMILES string of the molecule is N#[N+]C(C=O)=NN. The molecule has 0 saturated heterocycles. The van der Waals surface area contributed by atoms with Gasteiger partial charge < -0.3 is 0 Å². The van der Waals surface area contributed by atoms with E-state index in [2.05, 4.69) is 15.9 Å². The summed E-state index contributed by atoms with van der Waals surface area (Å²) in [7, 11) is 0. The van der Waals surface area contributed by atoms with E-state index in [4.69, 9.17) is 5.39 Å². The van der Waals surface area contributed by atoms with Crippen LogP contribution in [0.15, 0.2) is 5.10 Å². The zero-order valence-electron chi connectivity index (χ0n) is 3.40. The smallest absolute Gasteiger partial charge is 0.287 e. The normalized spacial score (nSPS) is 9.86. The maximum absolute atomic E-state index is 9.50. The Kier molecular flexibility index (Phi) is 2.21. The van der Waals surface area contributed by atoms with Crippen LogP contribution in [-0.2, 0) is 4.79 Å². The number of diazo groups is 1. The van der Waals surface area contributed by atoms with Crippen LogP contribution in [0, 0.1) is 5.39 Å². The molecule has 0 aromatic heterocycles. The van der Waals surface area contributed by atoms with Crippen LogP contribution in [0.1, 0.15) is 0 Å². The van der Waals surface area contributed by atoms with E-state index in [0.29, 0.717) is 0 Å². The van der Waals surface area contributed by atoms with Crippen molar-refractivity contribution in [2.24, 2.45) is 10.9 Å². The van der Waals surface area contributed by atoms with Crippen LogP contribution in [0.5, 0.6) is 0 Å². The third-order valence-corrected chi connectivity index (χ3v) is 0.340. The summed E-state index contributed by atoms with van der Waals surface area (Å²) in [5.41, 5.74) is 0. The van der Waals surface area contributed by atoms with E-state index in [9.17, 15) is 4.79 Å². The number of amidine groups is 1. The fourth-order valence-corrected chi connectivity index (χ4v) is 0.0798. The van der Waals surface area contributed by atoms with Crippen molar-refractivity contribution in [2.45, 2.75) is 0 Å². The third-order valence-electron chi connectivity index (χ3n) is 0.340. The van der Waals surface area contributed by atoms with Crippen LogP contribution in [0.2, 0.25) is 0 Å². The van der Waals surface area contributed by atoms with Gasteiger partial charge in [0.15, 0.2) is 0 Å². The highest BCUT2D eigenvalue weighted by Crippen LogP contribution is 1.65. The van der Waals surface area contributed by atoms with Gasteiger partial charge in [-0.1, -0.05) is 0 Å². The van der Waals surface area contributed by atoms with Gasteiger partial charge in [-0.25, -0.2) is 5.84 Å². The van der Waals surface area contributed by atoms with Gasteiger partial charge in [0.1, 0.15) is 0 Å². The summed E-state index contributed by atoms with van der Waals surface area (Å²) >= 11 is 0. The van der Waals surface area contributed by atoms with Gasteiger partial charge >= 0.3 is 5.84 Å². The van der Waals surface area contributed by atoms with Crippen molar-refractivity contribution in [1.82, 2.24) is 0 Å². The van der Waals surface area contributed by atoms with Crippen LogP contribution >= 0.6 is 0 Å². The minimum Gasteiger partial charge on any atom is -0.287 e. The van der Waals surface area contributed by atoms with Crippen LogP contribution in [-0.4, -0.2) is 12.1 Å². The molecule has 0 unspecified atom stereocenters. The number of rotatable bonds is 1. The molecule has 0 aliphatic rings. The Morgan fingerprint density at radius 3 is 2.57 bits per heavy atom. The number of carbonyl (C=O) groups is 1. The molecule has 0 aliphatic carbocycles. The first-order chi connectivity index (χ1) is 3.35. The molecule has 2 N–H and O–H groups in total. The predicted octanol–water partition coefficient (Wildman–Crippen LogP) is -0.689. The van der Waals surface area contributed by atoms with Crippen molar-refractivity contribution in [1.29, 1.82) is 5.39 Å². The van der Waals surface area contributed by atoms with E-state index >= 15 is 0 Å². The van der Waals surface area contributed by atoms with Gasteiger partial charge in [0, 0.05) is 4.98 Å². The molecule has 0 atom stereocenters. The van der Waals surface area contributed by atoms with E-state index in [1.807, 2.05) is 0 Å². The highest BCUT2D eigenvalue weighted by molar-refractivity contribution is 6.31. The molecule has 0 aliphatic heterocycles. The van der Waals surface area contributed by atoms with E-state index in [0.717, 1.165) is 0 Å². The number of hydrogen-bond donors (Lipinski definition) is 1. The lowest BCUT2D eigenvalue weighted by molar-refractivity contribution is -0.102. The third kappa shape index (κ3) is 1.44. The molecular weight excluding hydrogens is 96.0 g/mol. The molecule has 5 nitrogen and oxygen atoms in total. The van der Waals surface area contributed by atoms with Gasteiger partial charge in [0.2, 0.25) is 0 Å². The fraction of sp³-hybridized carbons (Fsp3) is 0. The Hall–Kier alpha value is -1.44. The number of hydrogen-bond acceptors (Lipinski definition) is 4. The summed E-state index contributed by atoms with van der Waals surface area (Å²) in [6.45, 7) is 0. The van der Waals surface area contributed by atoms with Crippen LogP contribution in [0.4, 0.5) is 0 Å². The molecule has 0 bridgehead atoms. The zero-order chi connectivity index (χ0) is 5.70. The lowest BCUT2D eigenvalue weighted by Crippen LogP contribution is -1.95. The molecule has 0 radical (unpaired) electrons. The molecule has 0 aromatic rings. The first-order valence-corrected chi connectivity index (χ1v) is 1.43. The minimum absolute atomic E-state index is 0.236. The summed E-state index contributed by atoms with van der Waals surface area (Å²) < 4.78 is 0. The average molecular weight is 99.1 g/mol. The van der Waals surface area contributed by atoms with Crippen molar-refractivity contribution >= 4 is 12.1 Å². The minimum atomic E-state index is -0.417. The summed E-state index contributed by atoms with van der Waals surface area (Å²) in [6, 6.07) is 0. The summed E-state index contributed by atoms with van der Waals surface area (Å²) in [5.74, 6) is 4.08. The first kappa shape index (κ1) is 5.56. The maximum atomic E-state index is 9.50. The van der Waals surface area contributed by atoms with Crippen LogP contribution in [0.25, 0.3) is 4.98 Å². The summed E-state index contributed by atoms with van der Waals surface area (Å²) in [4.78, 5) is 11.9. The number of hydrazone groups is 1. The lowest BCUT2D eigenvalue weighted by Gasteiger charge is -1.53. The predicted molar refractivity (Wildman–Crippen MR) is 22.8 cm³/mol. The van der Waals surface area contributed by atoms with E-state index < -0.39 is 5.84 Å². The van der Waals surface area contributed by atoms with Gasteiger partial charge in [-0.05, 0) is 0 Å². The molecule has 0 spiro atoms. The van der Waals surface area contributed by atoms with Crippen molar-refractivity contribution < 1.29 is 4.79 Å². The van der Waals surface area contributed by atoms with Crippen LogP contribution < -0.4 is 5.84 Å². The van der Waals surface area contributed by atoms with Crippen LogP contribution in [0.3, 0.4) is 0 Å². The van der Waals surface area contributed by atoms with Gasteiger partial charge in [0.25, 0.3) is 6.29 Å². The Labute approximate surface area is 39.4 Å². The largest absolute Gasteiger partial charge is 0.525 e. The Morgan fingerprint density at radius 1 is 2.00 bits per heavy atom. The second-order valence-corrected chi connectivity index (χ2v) is 0.705. The number of nitrogens with zero attached hydrogens (tertiary/aromatic N) is 3. The summed E-state index contributed by atoms with van der Waals surface area (Å²) in [6.07, 6.45) is 0.236. The summed E-state index contributed by atoms with van der Waals surface area (Å²) in [5, 5.41) is 10.5. The second kappa shape index (κ2) is 2.78. The topological polar surface area (TPSA) is 83.6 Å². The van der Waals surface area contributed by atoms with Crippen molar-refractivity contribution in [3.05, 3.63) is 4.98 Å². The molecule has 0 aromatic carbocycles. The molecule has 0 saturated carbocycles. The number of aldehydes is 1. The average Bonchev–Trinajstić information content (AvgIpc) is 1.72. The second-order valence-electron chi connectivity index (χ2n) is 0.705. The Morgan fingerprint density at radius 2 is 2.57 bits per heavy atom. The monoisotopic (exact) mass is 99.0 g/mol. The van der Waals surface area contributed by atoms with E-state index in [-0.39, 0.29) is 6.29 Å². The number of nitrogens with two attached hydrogens (primary N) is 1. The number of carbonyl (C=O) groups excluding carboxylic acids is 1. The quantitative estimate of drug-likeness (QED) is 0.118. The first-order valence-electron chi connectivity index (χ1n) is 1.43. The highest BCUT2D eigenvalue weighted by atomic mass is 16.1. The molecule has 7 heavy (non-hydrogen) atoms. The molecule has 5 heteroatoms. The zero-order valence-corrected chi connectivity index (χ0v) is 3.40. The molecule has 0 heterocycles. The molecule has 0 amide bonds. The van der Waals surface area contributed by atoms with Gasteiger partial charge in [0.05, 0.1) is 10.5 Å². The van der Waals surface area contributed by atoms with Crippen molar-refractivity contribution in [3.63, 3.8) is 0 Å². The van der Waals surface area contributed by atoms with Gasteiger partial charge in [-0.2, -0.15) is 0 Å². The molecule has 0 rings (SSSR count). The highest BCUT2D eigenvalue weighted by Gasteiger charge is 2.04. The lowest BCUT2D eigenvalue weighted by atomic mass is 10.7. The molecule has 36 valence electrons. The molecular formula is C2H3N4O+. The van der Waals surface area contributed by atoms with E-state index in [1.165, 1.54) is 0 Å². The van der Waals surface area contributed by atoms with Crippen molar-refractivity contribution in [2.75, 3.05) is 0 Å². The fourth-order valence-electron chi connectivity index (χ4n) is 0.0798. The van der Waals surface area contributed by atoms with Crippen molar-refractivity contribution in [3.8, 4) is 0 Å². The maximum Gasteiger partial charge on any atom is 0.525 e.